The second kappa shape index (κ2) is 2.96. The molecule has 0 bridgehead atoms. The molecule has 56 valence electrons. The molecule has 0 aromatic rings. The third-order valence-corrected chi connectivity index (χ3v) is 6.76. The Hall–Kier alpha value is 1.04. The molecule has 1 nitrogen and oxygen atoms in total. The van der Waals surface area contributed by atoms with Crippen LogP contribution < -0.4 is 0 Å². The van der Waals surface area contributed by atoms with Crippen LogP contribution in [-0.2, 0) is 4.74 Å². The average Bonchev–Trinajstić information content (AvgIpc) is 2.50. The molecule has 0 saturated carbocycles. The molecule has 0 aromatic carbocycles. The Labute approximate surface area is 70.4 Å². The minimum atomic E-state index is -0.311. The first-order chi connectivity index (χ1) is 4.14. The van der Waals surface area contributed by atoms with Gasteiger partial charge in [0.1, 0.15) is 0 Å². The van der Waals surface area contributed by atoms with Gasteiger partial charge in [0, 0.05) is 5.75 Å². The largest absolute Gasteiger partial charge is 0.372 e. The molecule has 1 fully saturated rings. The van der Waals surface area contributed by atoms with E-state index in [2.05, 4.69) is 34.4 Å². The standard InChI is InChI=1S/C6H13IOS/c1-3-9(2,7)5-6-4-8-6/h6H,3-5H2,1-2H3. The predicted molar refractivity (Wildman–Crippen MR) is 52.7 cm³/mol. The molecule has 2 atom stereocenters. The quantitative estimate of drug-likeness (QED) is 0.559. The predicted octanol–water partition coefficient (Wildman–Crippen LogP) is 2.19. The van der Waals surface area contributed by atoms with Crippen molar-refractivity contribution in [1.82, 2.24) is 0 Å². The summed E-state index contributed by atoms with van der Waals surface area (Å²) in [4.78, 5) is 0. The smallest absolute Gasteiger partial charge is 0.0892 e. The Morgan fingerprint density at radius 2 is 2.33 bits per heavy atom. The maximum Gasteiger partial charge on any atom is 0.0892 e. The Balaban J connectivity index is 2.21. The fourth-order valence-corrected chi connectivity index (χ4v) is 3.08. The van der Waals surface area contributed by atoms with Crippen LogP contribution in [0.1, 0.15) is 6.92 Å². The summed E-state index contributed by atoms with van der Waals surface area (Å²) in [5.41, 5.74) is 0. The maximum atomic E-state index is 5.16. The normalized spacial score (nSPS) is 35.2. The van der Waals surface area contributed by atoms with Crippen molar-refractivity contribution in [3.05, 3.63) is 0 Å². The second-order valence-corrected chi connectivity index (χ2v) is 12.2. The van der Waals surface area contributed by atoms with Gasteiger partial charge in [0.15, 0.2) is 0 Å². The minimum absolute atomic E-state index is 0.311. The molecular weight excluding hydrogens is 247 g/mol. The number of hydrogen-bond donors (Lipinski definition) is 0. The third-order valence-electron chi connectivity index (χ3n) is 1.54. The van der Waals surface area contributed by atoms with Gasteiger partial charge in [-0.25, -0.2) is 0 Å². The molecule has 0 radical (unpaired) electrons. The zero-order valence-corrected chi connectivity index (χ0v) is 8.87. The van der Waals surface area contributed by atoms with Crippen molar-refractivity contribution in [1.29, 1.82) is 0 Å². The van der Waals surface area contributed by atoms with Crippen molar-refractivity contribution in [2.75, 3.05) is 24.4 Å². The van der Waals surface area contributed by atoms with Crippen LogP contribution in [0.25, 0.3) is 0 Å². The Morgan fingerprint density at radius 1 is 1.78 bits per heavy atom. The van der Waals surface area contributed by atoms with Crippen molar-refractivity contribution in [2.45, 2.75) is 13.0 Å². The van der Waals surface area contributed by atoms with Crippen LogP contribution in [0.2, 0.25) is 0 Å². The SMILES string of the molecule is CCS(C)(I)CC1CO1. The van der Waals surface area contributed by atoms with E-state index in [-0.39, 0.29) is 7.20 Å². The monoisotopic (exact) mass is 260 g/mol. The molecule has 0 spiro atoms. The highest BCUT2D eigenvalue weighted by molar-refractivity contribution is 14.2. The van der Waals surface area contributed by atoms with Gasteiger partial charge in [-0.3, -0.25) is 0 Å². The molecule has 1 rings (SSSR count). The maximum absolute atomic E-state index is 5.16. The first kappa shape index (κ1) is 8.14. The first-order valence-electron chi connectivity index (χ1n) is 3.19. The summed E-state index contributed by atoms with van der Waals surface area (Å²) >= 11 is 2.60. The van der Waals surface area contributed by atoms with E-state index in [1.54, 1.807) is 0 Å². The molecule has 9 heavy (non-hydrogen) atoms. The van der Waals surface area contributed by atoms with Crippen LogP contribution in [0, 0.1) is 0 Å². The number of hydrogen-bond acceptors (Lipinski definition) is 1. The van der Waals surface area contributed by atoms with Gasteiger partial charge in [0.05, 0.1) is 12.7 Å². The summed E-state index contributed by atoms with van der Waals surface area (Å²) in [7, 11) is -0.311. The van der Waals surface area contributed by atoms with E-state index in [1.165, 1.54) is 11.5 Å². The van der Waals surface area contributed by atoms with Gasteiger partial charge in [-0.05, 0) is 33.2 Å². The summed E-state index contributed by atoms with van der Waals surface area (Å²) in [6.45, 7) is 3.29. The third kappa shape index (κ3) is 3.09. The molecule has 0 aromatic heterocycles. The topological polar surface area (TPSA) is 12.5 Å². The van der Waals surface area contributed by atoms with E-state index in [0.717, 1.165) is 6.61 Å². The first-order valence-corrected chi connectivity index (χ1v) is 8.11. The van der Waals surface area contributed by atoms with E-state index in [1.807, 2.05) is 0 Å². The van der Waals surface area contributed by atoms with Crippen molar-refractivity contribution >= 4 is 28.4 Å². The highest BCUT2D eigenvalue weighted by atomic mass is 127. The van der Waals surface area contributed by atoms with Crippen LogP contribution in [0.3, 0.4) is 0 Å². The molecule has 1 saturated heterocycles. The number of halogens is 1. The number of epoxide rings is 1. The Morgan fingerprint density at radius 3 is 2.67 bits per heavy atom. The number of ether oxygens (including phenoxy) is 1. The van der Waals surface area contributed by atoms with E-state index in [0.29, 0.717) is 6.10 Å². The van der Waals surface area contributed by atoms with Crippen LogP contribution in [0.5, 0.6) is 0 Å². The van der Waals surface area contributed by atoms with Crippen LogP contribution in [0.4, 0.5) is 0 Å². The van der Waals surface area contributed by atoms with Crippen LogP contribution in [-0.4, -0.2) is 30.5 Å². The van der Waals surface area contributed by atoms with Gasteiger partial charge < -0.3 is 4.74 Å². The zero-order chi connectivity index (χ0) is 6.91. The lowest BCUT2D eigenvalue weighted by Crippen LogP contribution is -2.03. The molecule has 1 aliphatic rings. The van der Waals surface area contributed by atoms with Gasteiger partial charge in [-0.1, -0.05) is 6.92 Å². The van der Waals surface area contributed by atoms with Crippen LogP contribution in [0.15, 0.2) is 0 Å². The van der Waals surface area contributed by atoms with E-state index >= 15 is 0 Å². The highest BCUT2D eigenvalue weighted by Gasteiger charge is 2.28. The fraction of sp³-hybridized carbons (Fsp3) is 1.00. The molecule has 1 aliphatic heterocycles. The van der Waals surface area contributed by atoms with E-state index < -0.39 is 0 Å². The summed E-state index contributed by atoms with van der Waals surface area (Å²) in [5.74, 6) is 2.64. The van der Waals surface area contributed by atoms with Crippen molar-refractivity contribution < 1.29 is 4.74 Å². The Kier molecular flexibility index (Phi) is 2.68. The molecule has 0 amide bonds. The molecular formula is C6H13IOS. The molecule has 1 heterocycles. The number of rotatable bonds is 3. The Bertz CT molecular complexity index is 101. The van der Waals surface area contributed by atoms with Crippen molar-refractivity contribution in [2.24, 2.45) is 0 Å². The summed E-state index contributed by atoms with van der Waals surface area (Å²) < 4.78 is 5.16. The fourth-order valence-electron chi connectivity index (χ4n) is 0.670. The highest BCUT2D eigenvalue weighted by Crippen LogP contribution is 2.54. The minimum Gasteiger partial charge on any atom is -0.372 e. The summed E-state index contributed by atoms with van der Waals surface area (Å²) in [6.07, 6.45) is 3.00. The molecule has 0 aliphatic carbocycles. The van der Waals surface area contributed by atoms with Gasteiger partial charge in [0.25, 0.3) is 0 Å². The lowest BCUT2D eigenvalue weighted by Gasteiger charge is -2.25. The lowest BCUT2D eigenvalue weighted by atomic mass is 10.6. The van der Waals surface area contributed by atoms with Crippen molar-refractivity contribution in [3.8, 4) is 0 Å². The van der Waals surface area contributed by atoms with Crippen LogP contribution >= 0.6 is 28.4 Å². The lowest BCUT2D eigenvalue weighted by molar-refractivity contribution is 0.426. The van der Waals surface area contributed by atoms with Crippen molar-refractivity contribution in [3.63, 3.8) is 0 Å². The summed E-state index contributed by atoms with van der Waals surface area (Å²) in [6, 6.07) is 0. The van der Waals surface area contributed by atoms with Gasteiger partial charge >= 0.3 is 0 Å². The van der Waals surface area contributed by atoms with Gasteiger partial charge in [0.2, 0.25) is 0 Å². The second-order valence-electron chi connectivity index (χ2n) is 2.56. The molecule has 2 unspecified atom stereocenters. The molecule has 0 N–H and O–H groups in total. The zero-order valence-electron chi connectivity index (χ0n) is 5.89. The molecule has 3 heteroatoms. The average molecular weight is 260 g/mol. The van der Waals surface area contributed by atoms with Gasteiger partial charge in [-0.15, -0.1) is 0 Å². The van der Waals surface area contributed by atoms with Gasteiger partial charge in [-0.2, -0.15) is 7.20 Å². The van der Waals surface area contributed by atoms with E-state index in [9.17, 15) is 0 Å². The summed E-state index contributed by atoms with van der Waals surface area (Å²) in [5, 5.41) is 0. The van der Waals surface area contributed by atoms with E-state index in [4.69, 9.17) is 4.74 Å².